The number of aliphatic hydroxyl groups excluding tert-OH is 1. The first-order valence-electron chi connectivity index (χ1n) is 3.96. The normalized spacial score (nSPS) is 33.6. The maximum absolute atomic E-state index is 9.32. The molecule has 0 radical (unpaired) electrons. The van der Waals surface area contributed by atoms with Gasteiger partial charge >= 0.3 is 0 Å². The van der Waals surface area contributed by atoms with Gasteiger partial charge in [-0.1, -0.05) is 13.8 Å². The van der Waals surface area contributed by atoms with Crippen LogP contribution in [0.3, 0.4) is 0 Å². The molecule has 1 fully saturated rings. The third-order valence-electron chi connectivity index (χ3n) is 2.77. The van der Waals surface area contributed by atoms with Crippen molar-refractivity contribution in [1.29, 1.82) is 0 Å². The fourth-order valence-corrected chi connectivity index (χ4v) is 1.55. The second kappa shape index (κ2) is 2.51. The summed E-state index contributed by atoms with van der Waals surface area (Å²) >= 11 is 0. The van der Waals surface area contributed by atoms with Crippen LogP contribution in [0.25, 0.3) is 0 Å². The molecule has 3 N–H and O–H groups in total. The van der Waals surface area contributed by atoms with E-state index in [0.29, 0.717) is 12.5 Å². The highest BCUT2D eigenvalue weighted by Crippen LogP contribution is 2.40. The molecular weight excluding hydrogens is 126 g/mol. The zero-order valence-corrected chi connectivity index (χ0v) is 6.80. The Balaban J connectivity index is 2.47. The van der Waals surface area contributed by atoms with Gasteiger partial charge in [0.15, 0.2) is 0 Å². The summed E-state index contributed by atoms with van der Waals surface area (Å²) in [4.78, 5) is 0. The molecule has 60 valence electrons. The van der Waals surface area contributed by atoms with Crippen molar-refractivity contribution in [3.8, 4) is 0 Å². The van der Waals surface area contributed by atoms with Gasteiger partial charge in [0.1, 0.15) is 0 Å². The number of hydrogen-bond donors (Lipinski definition) is 2. The van der Waals surface area contributed by atoms with E-state index in [-0.39, 0.29) is 11.5 Å². The molecule has 1 saturated carbocycles. The molecule has 2 atom stereocenters. The molecule has 1 aliphatic rings. The monoisotopic (exact) mass is 143 g/mol. The van der Waals surface area contributed by atoms with Gasteiger partial charge in [-0.15, -0.1) is 0 Å². The Morgan fingerprint density at radius 3 is 2.20 bits per heavy atom. The number of hydrogen-bond acceptors (Lipinski definition) is 2. The van der Waals surface area contributed by atoms with Crippen LogP contribution in [0.5, 0.6) is 0 Å². The smallest absolute Gasteiger partial charge is 0.0574 e. The van der Waals surface area contributed by atoms with Gasteiger partial charge in [0.2, 0.25) is 0 Å². The third kappa shape index (κ3) is 1.18. The van der Waals surface area contributed by atoms with Gasteiger partial charge in [-0.25, -0.2) is 0 Å². The zero-order chi connectivity index (χ0) is 7.78. The Morgan fingerprint density at radius 1 is 1.50 bits per heavy atom. The Hall–Kier alpha value is -0.0800. The van der Waals surface area contributed by atoms with Gasteiger partial charge in [-0.2, -0.15) is 0 Å². The summed E-state index contributed by atoms with van der Waals surface area (Å²) in [5, 5.41) is 9.32. The number of aliphatic hydroxyl groups is 1. The number of nitrogens with two attached hydrogens (primary N) is 1. The SMILES string of the molecule is CC(C)(CN)C1CCC1O. The van der Waals surface area contributed by atoms with E-state index in [4.69, 9.17) is 5.73 Å². The standard InChI is InChI=1S/C8H17NO/c1-8(2,5-9)6-3-4-7(6)10/h6-7,10H,3-5,9H2,1-2H3. The van der Waals surface area contributed by atoms with E-state index in [1.165, 1.54) is 0 Å². The first kappa shape index (κ1) is 8.02. The molecule has 0 saturated heterocycles. The average Bonchev–Trinajstić information content (AvgIpc) is 1.84. The lowest BCUT2D eigenvalue weighted by atomic mass is 9.65. The first-order chi connectivity index (χ1) is 4.58. The second-order valence-electron chi connectivity index (χ2n) is 3.94. The van der Waals surface area contributed by atoms with E-state index < -0.39 is 0 Å². The van der Waals surface area contributed by atoms with Crippen molar-refractivity contribution in [3.63, 3.8) is 0 Å². The highest BCUT2D eigenvalue weighted by molar-refractivity contribution is 4.91. The topological polar surface area (TPSA) is 46.2 Å². The summed E-state index contributed by atoms with van der Waals surface area (Å²) in [5.74, 6) is 0.442. The summed E-state index contributed by atoms with van der Waals surface area (Å²) in [7, 11) is 0. The summed E-state index contributed by atoms with van der Waals surface area (Å²) in [5.41, 5.74) is 5.70. The Kier molecular flexibility index (Phi) is 2.02. The molecule has 2 heteroatoms. The molecule has 0 bridgehead atoms. The molecule has 10 heavy (non-hydrogen) atoms. The predicted molar refractivity (Wildman–Crippen MR) is 41.6 cm³/mol. The lowest BCUT2D eigenvalue weighted by molar-refractivity contribution is -0.0392. The minimum Gasteiger partial charge on any atom is -0.393 e. The van der Waals surface area contributed by atoms with Crippen molar-refractivity contribution < 1.29 is 5.11 Å². The van der Waals surface area contributed by atoms with Gasteiger partial charge in [-0.05, 0) is 30.7 Å². The lowest BCUT2D eigenvalue weighted by Gasteiger charge is -2.43. The summed E-state index contributed by atoms with van der Waals surface area (Å²) in [6.07, 6.45) is 2.03. The molecule has 0 aromatic heterocycles. The largest absolute Gasteiger partial charge is 0.393 e. The van der Waals surface area contributed by atoms with Gasteiger partial charge in [-0.3, -0.25) is 0 Å². The highest BCUT2D eigenvalue weighted by atomic mass is 16.3. The fraction of sp³-hybridized carbons (Fsp3) is 1.00. The molecule has 0 spiro atoms. The second-order valence-corrected chi connectivity index (χ2v) is 3.94. The van der Waals surface area contributed by atoms with Crippen LogP contribution >= 0.6 is 0 Å². The van der Waals surface area contributed by atoms with E-state index in [2.05, 4.69) is 13.8 Å². The molecule has 0 heterocycles. The maximum Gasteiger partial charge on any atom is 0.0574 e. The van der Waals surface area contributed by atoms with Crippen LogP contribution in [-0.2, 0) is 0 Å². The van der Waals surface area contributed by atoms with E-state index in [1.807, 2.05) is 0 Å². The van der Waals surface area contributed by atoms with E-state index >= 15 is 0 Å². The van der Waals surface area contributed by atoms with Gasteiger partial charge in [0, 0.05) is 0 Å². The van der Waals surface area contributed by atoms with Crippen LogP contribution in [0.1, 0.15) is 26.7 Å². The zero-order valence-electron chi connectivity index (χ0n) is 6.80. The lowest BCUT2D eigenvalue weighted by Crippen LogP contribution is -2.45. The van der Waals surface area contributed by atoms with Crippen molar-refractivity contribution in [2.45, 2.75) is 32.8 Å². The van der Waals surface area contributed by atoms with Crippen LogP contribution < -0.4 is 5.73 Å². The van der Waals surface area contributed by atoms with Crippen LogP contribution in [0, 0.1) is 11.3 Å². The molecular formula is C8H17NO. The molecule has 0 aromatic rings. The molecule has 0 amide bonds. The Bertz CT molecular complexity index is 122. The molecule has 1 aliphatic carbocycles. The molecule has 0 aromatic carbocycles. The van der Waals surface area contributed by atoms with E-state index in [1.54, 1.807) is 0 Å². The van der Waals surface area contributed by atoms with Crippen molar-refractivity contribution in [2.24, 2.45) is 17.1 Å². The van der Waals surface area contributed by atoms with E-state index in [9.17, 15) is 5.11 Å². The summed E-state index contributed by atoms with van der Waals surface area (Å²) < 4.78 is 0. The minimum absolute atomic E-state index is 0.0847. The quantitative estimate of drug-likeness (QED) is 0.599. The average molecular weight is 143 g/mol. The highest BCUT2D eigenvalue weighted by Gasteiger charge is 2.39. The van der Waals surface area contributed by atoms with Crippen molar-refractivity contribution in [1.82, 2.24) is 0 Å². The minimum atomic E-state index is -0.0847. The molecule has 2 unspecified atom stereocenters. The van der Waals surface area contributed by atoms with E-state index in [0.717, 1.165) is 12.8 Å². The Morgan fingerprint density at radius 2 is 2.10 bits per heavy atom. The summed E-state index contributed by atoms with van der Waals surface area (Å²) in [6.45, 7) is 4.93. The third-order valence-corrected chi connectivity index (χ3v) is 2.77. The van der Waals surface area contributed by atoms with Crippen molar-refractivity contribution in [2.75, 3.05) is 6.54 Å². The van der Waals surface area contributed by atoms with Crippen LogP contribution in [-0.4, -0.2) is 17.8 Å². The van der Waals surface area contributed by atoms with Crippen LogP contribution in [0.15, 0.2) is 0 Å². The first-order valence-corrected chi connectivity index (χ1v) is 3.96. The summed E-state index contributed by atoms with van der Waals surface area (Å²) in [6, 6.07) is 0. The predicted octanol–water partition coefficient (Wildman–Crippen LogP) is 0.742. The number of rotatable bonds is 2. The van der Waals surface area contributed by atoms with Gasteiger partial charge in [0.05, 0.1) is 6.10 Å². The van der Waals surface area contributed by atoms with Crippen molar-refractivity contribution in [3.05, 3.63) is 0 Å². The van der Waals surface area contributed by atoms with Crippen molar-refractivity contribution >= 4 is 0 Å². The molecule has 1 rings (SSSR count). The Labute approximate surface area is 62.4 Å². The van der Waals surface area contributed by atoms with Gasteiger partial charge < -0.3 is 10.8 Å². The maximum atomic E-state index is 9.32. The van der Waals surface area contributed by atoms with Crippen LogP contribution in [0.2, 0.25) is 0 Å². The molecule has 0 aliphatic heterocycles. The van der Waals surface area contributed by atoms with Crippen LogP contribution in [0.4, 0.5) is 0 Å². The molecule has 2 nitrogen and oxygen atoms in total. The fourth-order valence-electron chi connectivity index (χ4n) is 1.55. The van der Waals surface area contributed by atoms with Gasteiger partial charge in [0.25, 0.3) is 0 Å².